The number of aromatic amines is 1. The topological polar surface area (TPSA) is 72.5 Å². The highest BCUT2D eigenvalue weighted by Gasteiger charge is 2.23. The van der Waals surface area contributed by atoms with Crippen molar-refractivity contribution in [3.8, 4) is 0 Å². The van der Waals surface area contributed by atoms with Gasteiger partial charge in [0.25, 0.3) is 5.56 Å². The Labute approximate surface area is 142 Å². The zero-order valence-electron chi connectivity index (χ0n) is 14.7. The third-order valence-corrected chi connectivity index (χ3v) is 5.12. The van der Waals surface area contributed by atoms with Crippen LogP contribution < -0.4 is 10.5 Å². The Morgan fingerprint density at radius 3 is 2.33 bits per heavy atom. The smallest absolute Gasteiger partial charge is 0.255 e. The van der Waals surface area contributed by atoms with Crippen LogP contribution in [-0.2, 0) is 4.79 Å². The number of piperazine rings is 1. The first kappa shape index (κ1) is 17.0. The van der Waals surface area contributed by atoms with Crippen molar-refractivity contribution in [3.05, 3.63) is 21.6 Å². The number of carbonyl (C=O) groups is 1. The highest BCUT2D eigenvalue weighted by atomic mass is 16.2. The molecule has 1 aromatic rings. The summed E-state index contributed by atoms with van der Waals surface area (Å²) in [6.45, 7) is 9.16. The second kappa shape index (κ2) is 7.34. The first-order valence-corrected chi connectivity index (χ1v) is 8.87. The number of likely N-dealkylation sites (tertiary alicyclic amines) is 1. The predicted molar refractivity (Wildman–Crippen MR) is 93.4 cm³/mol. The SMILES string of the molecule is Cc1nc(N2CCN(CC(=O)N3CCCCC3)CC2)[nH]c(=O)c1C. The van der Waals surface area contributed by atoms with E-state index in [1.54, 1.807) is 6.92 Å². The lowest BCUT2D eigenvalue weighted by Crippen LogP contribution is -2.51. The molecule has 0 bridgehead atoms. The van der Waals surface area contributed by atoms with Crippen LogP contribution >= 0.6 is 0 Å². The zero-order valence-corrected chi connectivity index (χ0v) is 14.7. The van der Waals surface area contributed by atoms with Gasteiger partial charge in [0.15, 0.2) is 0 Å². The van der Waals surface area contributed by atoms with Gasteiger partial charge in [-0.1, -0.05) is 0 Å². The number of anilines is 1. The van der Waals surface area contributed by atoms with Crippen molar-refractivity contribution in [3.63, 3.8) is 0 Å². The molecule has 0 atom stereocenters. The maximum absolute atomic E-state index is 12.4. The van der Waals surface area contributed by atoms with E-state index in [1.165, 1.54) is 6.42 Å². The van der Waals surface area contributed by atoms with Crippen molar-refractivity contribution < 1.29 is 4.79 Å². The van der Waals surface area contributed by atoms with Crippen LogP contribution in [0.2, 0.25) is 0 Å². The lowest BCUT2D eigenvalue weighted by Gasteiger charge is -2.36. The van der Waals surface area contributed by atoms with E-state index in [0.717, 1.165) is 57.8 Å². The van der Waals surface area contributed by atoms with Crippen LogP contribution in [0.25, 0.3) is 0 Å². The number of H-pyrrole nitrogens is 1. The maximum atomic E-state index is 12.4. The van der Waals surface area contributed by atoms with E-state index in [2.05, 4.69) is 19.8 Å². The summed E-state index contributed by atoms with van der Waals surface area (Å²) in [6, 6.07) is 0. The predicted octanol–water partition coefficient (Wildman–Crippen LogP) is 0.521. The summed E-state index contributed by atoms with van der Waals surface area (Å²) in [5.74, 6) is 0.894. The summed E-state index contributed by atoms with van der Waals surface area (Å²) in [7, 11) is 0. The van der Waals surface area contributed by atoms with Crippen molar-refractivity contribution in [2.24, 2.45) is 0 Å². The number of aryl methyl sites for hydroxylation is 1. The minimum Gasteiger partial charge on any atom is -0.342 e. The van der Waals surface area contributed by atoms with Crippen LogP contribution in [0, 0.1) is 13.8 Å². The highest BCUT2D eigenvalue weighted by Crippen LogP contribution is 2.13. The van der Waals surface area contributed by atoms with Crippen LogP contribution in [0.15, 0.2) is 4.79 Å². The molecule has 3 rings (SSSR count). The number of piperidine rings is 1. The first-order chi connectivity index (χ1) is 11.5. The molecule has 24 heavy (non-hydrogen) atoms. The van der Waals surface area contributed by atoms with Gasteiger partial charge in [-0.15, -0.1) is 0 Å². The van der Waals surface area contributed by atoms with Crippen molar-refractivity contribution in [1.82, 2.24) is 19.8 Å². The van der Waals surface area contributed by atoms with E-state index in [4.69, 9.17) is 0 Å². The largest absolute Gasteiger partial charge is 0.342 e. The minimum atomic E-state index is -0.0693. The number of amides is 1. The van der Waals surface area contributed by atoms with E-state index < -0.39 is 0 Å². The van der Waals surface area contributed by atoms with Crippen LogP contribution in [-0.4, -0.2) is 71.5 Å². The molecule has 2 saturated heterocycles. The fourth-order valence-electron chi connectivity index (χ4n) is 3.33. The number of hydrogen-bond donors (Lipinski definition) is 1. The molecular formula is C17H27N5O2. The molecule has 0 unspecified atom stereocenters. The lowest BCUT2D eigenvalue weighted by atomic mass is 10.1. The van der Waals surface area contributed by atoms with Crippen LogP contribution in [0.3, 0.4) is 0 Å². The molecule has 7 heteroatoms. The van der Waals surface area contributed by atoms with Gasteiger partial charge < -0.3 is 9.80 Å². The number of aromatic nitrogens is 2. The monoisotopic (exact) mass is 333 g/mol. The average Bonchev–Trinajstić information content (AvgIpc) is 2.60. The standard InChI is InChI=1S/C17H27N5O2/c1-13-14(2)18-17(19-16(13)24)22-10-8-20(9-11-22)12-15(23)21-6-4-3-5-7-21/h3-12H2,1-2H3,(H,18,19,24). The van der Waals surface area contributed by atoms with Gasteiger partial charge in [-0.2, -0.15) is 0 Å². The van der Waals surface area contributed by atoms with Gasteiger partial charge in [0.1, 0.15) is 0 Å². The summed E-state index contributed by atoms with van der Waals surface area (Å²) in [4.78, 5) is 37.9. The molecule has 3 heterocycles. The van der Waals surface area contributed by atoms with Gasteiger partial charge in [-0.25, -0.2) is 4.98 Å². The Kier molecular flexibility index (Phi) is 5.18. The molecule has 1 amide bonds. The third kappa shape index (κ3) is 3.77. The molecule has 132 valence electrons. The Morgan fingerprint density at radius 1 is 1.04 bits per heavy atom. The molecule has 0 aromatic carbocycles. The molecule has 1 N–H and O–H groups in total. The maximum Gasteiger partial charge on any atom is 0.255 e. The minimum absolute atomic E-state index is 0.0693. The molecular weight excluding hydrogens is 306 g/mol. The van der Waals surface area contributed by atoms with Crippen LogP contribution in [0.5, 0.6) is 0 Å². The summed E-state index contributed by atoms with van der Waals surface area (Å²) in [6.07, 6.45) is 3.50. The number of nitrogens with one attached hydrogen (secondary N) is 1. The molecule has 0 saturated carbocycles. The van der Waals surface area contributed by atoms with Crippen LogP contribution in [0.4, 0.5) is 5.95 Å². The van der Waals surface area contributed by atoms with E-state index in [9.17, 15) is 9.59 Å². The van der Waals surface area contributed by atoms with E-state index in [-0.39, 0.29) is 11.5 Å². The van der Waals surface area contributed by atoms with Gasteiger partial charge in [0.2, 0.25) is 11.9 Å². The normalized spacial score (nSPS) is 19.6. The molecule has 2 aliphatic heterocycles. The van der Waals surface area contributed by atoms with E-state index in [1.807, 2.05) is 11.8 Å². The molecule has 0 spiro atoms. The van der Waals surface area contributed by atoms with Crippen molar-refractivity contribution in [2.45, 2.75) is 33.1 Å². The summed E-state index contributed by atoms with van der Waals surface area (Å²) < 4.78 is 0. The van der Waals surface area contributed by atoms with Gasteiger partial charge in [0.05, 0.1) is 6.54 Å². The van der Waals surface area contributed by atoms with Gasteiger partial charge in [-0.3, -0.25) is 19.5 Å². The molecule has 2 fully saturated rings. The quantitative estimate of drug-likeness (QED) is 0.873. The fraction of sp³-hybridized carbons (Fsp3) is 0.706. The average molecular weight is 333 g/mol. The summed E-state index contributed by atoms with van der Waals surface area (Å²) >= 11 is 0. The lowest BCUT2D eigenvalue weighted by molar-refractivity contribution is -0.133. The molecule has 7 nitrogen and oxygen atoms in total. The number of hydrogen-bond acceptors (Lipinski definition) is 5. The Bertz CT molecular complexity index is 643. The first-order valence-electron chi connectivity index (χ1n) is 8.87. The van der Waals surface area contributed by atoms with Crippen molar-refractivity contribution in [2.75, 3.05) is 50.7 Å². The second-order valence-corrected chi connectivity index (χ2v) is 6.80. The third-order valence-electron chi connectivity index (χ3n) is 5.12. The number of rotatable bonds is 3. The Balaban J connectivity index is 1.54. The van der Waals surface area contributed by atoms with E-state index >= 15 is 0 Å². The number of nitrogens with zero attached hydrogens (tertiary/aromatic N) is 4. The molecule has 1 aromatic heterocycles. The van der Waals surface area contributed by atoms with Crippen LogP contribution in [0.1, 0.15) is 30.5 Å². The van der Waals surface area contributed by atoms with Crippen molar-refractivity contribution in [1.29, 1.82) is 0 Å². The summed E-state index contributed by atoms with van der Waals surface area (Å²) in [5, 5.41) is 0. The molecule has 0 aliphatic carbocycles. The number of carbonyl (C=O) groups excluding carboxylic acids is 1. The van der Waals surface area contributed by atoms with Crippen molar-refractivity contribution >= 4 is 11.9 Å². The summed E-state index contributed by atoms with van der Waals surface area (Å²) in [5.41, 5.74) is 1.38. The van der Waals surface area contributed by atoms with Gasteiger partial charge in [-0.05, 0) is 33.1 Å². The molecule has 2 aliphatic rings. The fourth-order valence-corrected chi connectivity index (χ4v) is 3.33. The van der Waals surface area contributed by atoms with Gasteiger partial charge >= 0.3 is 0 Å². The van der Waals surface area contributed by atoms with Gasteiger partial charge in [0, 0.05) is 50.5 Å². The van der Waals surface area contributed by atoms with E-state index in [0.29, 0.717) is 18.1 Å². The molecule has 0 radical (unpaired) electrons. The highest BCUT2D eigenvalue weighted by molar-refractivity contribution is 5.78. The Hall–Kier alpha value is -1.89. The Morgan fingerprint density at radius 2 is 1.71 bits per heavy atom. The zero-order chi connectivity index (χ0) is 17.1. The second-order valence-electron chi connectivity index (χ2n) is 6.80.